The Hall–Kier alpha value is -2.62. The number of H-pyrrole nitrogens is 1. The molecule has 0 aliphatic heterocycles. The average Bonchev–Trinajstić information content (AvgIpc) is 2.89. The quantitative estimate of drug-likeness (QED) is 0.693. The SMILES string of the molecule is COc1ccc(S(=O)(=O)Nc2ncn[nH]2)cc1C(N)=O. The van der Waals surface area contributed by atoms with Gasteiger partial charge in [-0.15, -0.1) is 0 Å². The summed E-state index contributed by atoms with van der Waals surface area (Å²) in [5.41, 5.74) is 5.14. The van der Waals surface area contributed by atoms with Crippen LogP contribution in [0.25, 0.3) is 0 Å². The Kier molecular flexibility index (Phi) is 3.57. The topological polar surface area (TPSA) is 140 Å². The van der Waals surface area contributed by atoms with Gasteiger partial charge in [0, 0.05) is 0 Å². The molecule has 20 heavy (non-hydrogen) atoms. The summed E-state index contributed by atoms with van der Waals surface area (Å²) in [6.45, 7) is 0. The molecule has 106 valence electrons. The molecule has 0 spiro atoms. The Morgan fingerprint density at radius 3 is 2.75 bits per heavy atom. The van der Waals surface area contributed by atoms with Crippen LogP contribution in [0, 0.1) is 0 Å². The molecule has 0 saturated heterocycles. The van der Waals surface area contributed by atoms with E-state index in [0.717, 1.165) is 12.4 Å². The van der Waals surface area contributed by atoms with Crippen LogP contribution in [0.2, 0.25) is 0 Å². The number of methoxy groups -OCH3 is 1. The predicted octanol–water partition coefficient (Wildman–Crippen LogP) is -0.287. The molecule has 1 aromatic heterocycles. The summed E-state index contributed by atoms with van der Waals surface area (Å²) in [6, 6.07) is 3.75. The first-order valence-corrected chi connectivity index (χ1v) is 6.78. The number of nitrogens with zero attached hydrogens (tertiary/aromatic N) is 2. The number of nitrogens with one attached hydrogen (secondary N) is 2. The minimum Gasteiger partial charge on any atom is -0.496 e. The number of rotatable bonds is 5. The van der Waals surface area contributed by atoms with Crippen LogP contribution in [-0.4, -0.2) is 36.6 Å². The van der Waals surface area contributed by atoms with Crippen molar-refractivity contribution < 1.29 is 17.9 Å². The van der Waals surface area contributed by atoms with Crippen molar-refractivity contribution in [3.63, 3.8) is 0 Å². The molecule has 9 nitrogen and oxygen atoms in total. The standard InChI is InChI=1S/C10H11N5O4S/c1-19-8-3-2-6(4-7(8)9(11)16)20(17,18)15-10-12-5-13-14-10/h2-5H,1H3,(H2,11,16)(H2,12,13,14,15). The number of amides is 1. The van der Waals surface area contributed by atoms with Crippen LogP contribution in [0.4, 0.5) is 5.95 Å². The van der Waals surface area contributed by atoms with Crippen LogP contribution in [0.3, 0.4) is 0 Å². The third-order valence-electron chi connectivity index (χ3n) is 2.39. The average molecular weight is 297 g/mol. The van der Waals surface area contributed by atoms with E-state index >= 15 is 0 Å². The first kappa shape index (κ1) is 13.8. The molecule has 0 atom stereocenters. The molecule has 2 aromatic rings. The fourth-order valence-electron chi connectivity index (χ4n) is 1.49. The van der Waals surface area contributed by atoms with Crippen LogP contribution in [0.15, 0.2) is 29.4 Å². The largest absolute Gasteiger partial charge is 0.496 e. The highest BCUT2D eigenvalue weighted by molar-refractivity contribution is 7.92. The Labute approximate surface area is 114 Å². The number of primary amides is 1. The predicted molar refractivity (Wildman–Crippen MR) is 68.7 cm³/mol. The van der Waals surface area contributed by atoms with Gasteiger partial charge >= 0.3 is 0 Å². The van der Waals surface area contributed by atoms with Crippen LogP contribution in [0.1, 0.15) is 10.4 Å². The second-order valence-corrected chi connectivity index (χ2v) is 5.35. The molecule has 0 unspecified atom stereocenters. The van der Waals surface area contributed by atoms with Gasteiger partial charge in [0.2, 0.25) is 5.95 Å². The molecule has 1 amide bonds. The lowest BCUT2D eigenvalue weighted by Crippen LogP contribution is -2.17. The molecule has 0 fully saturated rings. The summed E-state index contributed by atoms with van der Waals surface area (Å²) in [5.74, 6) is -0.642. The van der Waals surface area contributed by atoms with Gasteiger partial charge in [0.1, 0.15) is 12.1 Å². The van der Waals surface area contributed by atoms with E-state index in [2.05, 4.69) is 19.9 Å². The lowest BCUT2D eigenvalue weighted by molar-refractivity contribution is 0.0997. The molecule has 1 heterocycles. The summed E-state index contributed by atoms with van der Waals surface area (Å²) in [6.07, 6.45) is 1.15. The Morgan fingerprint density at radius 1 is 1.45 bits per heavy atom. The van der Waals surface area contributed by atoms with E-state index in [-0.39, 0.29) is 22.2 Å². The summed E-state index contributed by atoms with van der Waals surface area (Å²) in [7, 11) is -2.56. The molecular formula is C10H11N5O4S. The van der Waals surface area contributed by atoms with Crippen molar-refractivity contribution in [3.8, 4) is 5.75 Å². The normalized spacial score (nSPS) is 11.1. The highest BCUT2D eigenvalue weighted by Crippen LogP contribution is 2.22. The summed E-state index contributed by atoms with van der Waals surface area (Å²) >= 11 is 0. The number of nitrogens with two attached hydrogens (primary N) is 1. The van der Waals surface area contributed by atoms with Crippen LogP contribution >= 0.6 is 0 Å². The second-order valence-electron chi connectivity index (χ2n) is 3.67. The monoisotopic (exact) mass is 297 g/mol. The van der Waals surface area contributed by atoms with Gasteiger partial charge in [-0.3, -0.25) is 4.79 Å². The zero-order valence-corrected chi connectivity index (χ0v) is 11.1. The van der Waals surface area contributed by atoms with Gasteiger partial charge < -0.3 is 10.5 Å². The van der Waals surface area contributed by atoms with Gasteiger partial charge in [-0.1, -0.05) is 0 Å². The number of ether oxygens (including phenoxy) is 1. The van der Waals surface area contributed by atoms with Crippen molar-refractivity contribution in [1.29, 1.82) is 0 Å². The van der Waals surface area contributed by atoms with Crippen LogP contribution < -0.4 is 15.2 Å². The van der Waals surface area contributed by atoms with E-state index in [4.69, 9.17) is 10.5 Å². The Balaban J connectivity index is 2.42. The first-order chi connectivity index (χ1) is 9.44. The number of benzene rings is 1. The smallest absolute Gasteiger partial charge is 0.264 e. The molecule has 1 aromatic carbocycles. The number of carbonyl (C=O) groups excluding carboxylic acids is 1. The summed E-state index contributed by atoms with van der Waals surface area (Å²) in [5, 5.41) is 5.87. The highest BCUT2D eigenvalue weighted by atomic mass is 32.2. The van der Waals surface area contributed by atoms with Crippen LogP contribution in [-0.2, 0) is 10.0 Å². The maximum Gasteiger partial charge on any atom is 0.264 e. The molecule has 0 saturated carbocycles. The van der Waals surface area contributed by atoms with Crippen molar-refractivity contribution in [2.24, 2.45) is 5.73 Å². The molecule has 2 rings (SSSR count). The Morgan fingerprint density at radius 2 is 2.20 bits per heavy atom. The van der Waals surface area contributed by atoms with E-state index in [1.165, 1.54) is 19.2 Å². The number of carbonyl (C=O) groups is 1. The van der Waals surface area contributed by atoms with E-state index < -0.39 is 15.9 Å². The van der Waals surface area contributed by atoms with Gasteiger partial charge in [0.05, 0.1) is 17.6 Å². The number of anilines is 1. The summed E-state index contributed by atoms with van der Waals surface area (Å²) in [4.78, 5) is 14.8. The number of aromatic nitrogens is 3. The maximum atomic E-state index is 12.1. The fourth-order valence-corrected chi connectivity index (χ4v) is 2.48. The number of aromatic amines is 1. The van der Waals surface area contributed by atoms with Gasteiger partial charge in [0.15, 0.2) is 0 Å². The number of hydrogen-bond acceptors (Lipinski definition) is 6. The summed E-state index contributed by atoms with van der Waals surface area (Å²) < 4.78 is 31.3. The minimum atomic E-state index is -3.91. The van der Waals surface area contributed by atoms with Gasteiger partial charge in [-0.25, -0.2) is 18.2 Å². The third kappa shape index (κ3) is 2.69. The van der Waals surface area contributed by atoms with E-state index in [1.807, 2.05) is 0 Å². The lowest BCUT2D eigenvalue weighted by Gasteiger charge is -2.09. The second kappa shape index (κ2) is 5.17. The zero-order chi connectivity index (χ0) is 14.8. The van der Waals surface area contributed by atoms with Crippen molar-refractivity contribution in [3.05, 3.63) is 30.1 Å². The molecule has 4 N–H and O–H groups in total. The van der Waals surface area contributed by atoms with Gasteiger partial charge in [0.25, 0.3) is 15.9 Å². The Bertz CT molecular complexity index is 726. The van der Waals surface area contributed by atoms with Crippen molar-refractivity contribution in [2.75, 3.05) is 11.8 Å². The highest BCUT2D eigenvalue weighted by Gasteiger charge is 2.19. The van der Waals surface area contributed by atoms with E-state index in [9.17, 15) is 13.2 Å². The van der Waals surface area contributed by atoms with Gasteiger partial charge in [-0.05, 0) is 18.2 Å². The molecule has 10 heteroatoms. The van der Waals surface area contributed by atoms with Crippen molar-refractivity contribution in [1.82, 2.24) is 15.2 Å². The van der Waals surface area contributed by atoms with Crippen molar-refractivity contribution in [2.45, 2.75) is 4.90 Å². The maximum absolute atomic E-state index is 12.1. The molecule has 0 aliphatic carbocycles. The molecular weight excluding hydrogens is 286 g/mol. The first-order valence-electron chi connectivity index (χ1n) is 5.30. The van der Waals surface area contributed by atoms with E-state index in [0.29, 0.717) is 0 Å². The van der Waals surface area contributed by atoms with Crippen LogP contribution in [0.5, 0.6) is 5.75 Å². The van der Waals surface area contributed by atoms with E-state index in [1.54, 1.807) is 0 Å². The molecule has 0 aliphatic rings. The number of hydrogen-bond donors (Lipinski definition) is 3. The molecule has 0 bridgehead atoms. The van der Waals surface area contributed by atoms with Gasteiger partial charge in [-0.2, -0.15) is 10.1 Å². The zero-order valence-electron chi connectivity index (χ0n) is 10.3. The number of sulfonamides is 1. The fraction of sp³-hybridized carbons (Fsp3) is 0.100. The van der Waals surface area contributed by atoms with Crippen molar-refractivity contribution >= 4 is 21.9 Å². The minimum absolute atomic E-state index is 0.0343. The molecule has 0 radical (unpaired) electrons. The third-order valence-corrected chi connectivity index (χ3v) is 3.73. The lowest BCUT2D eigenvalue weighted by atomic mass is 10.2.